The van der Waals surface area contributed by atoms with Gasteiger partial charge >= 0.3 is 0 Å². The Bertz CT molecular complexity index is 788. The first-order valence-corrected chi connectivity index (χ1v) is 8.89. The fourth-order valence-corrected chi connectivity index (χ4v) is 3.44. The molecule has 0 aliphatic carbocycles. The molecule has 8 nitrogen and oxygen atoms in total. The van der Waals surface area contributed by atoms with E-state index in [1.165, 1.54) is 0 Å². The molecule has 4 rings (SSSR count). The van der Waals surface area contributed by atoms with Crippen LogP contribution in [0.3, 0.4) is 0 Å². The van der Waals surface area contributed by atoms with Crippen molar-refractivity contribution in [2.45, 2.75) is 31.8 Å². The molecule has 0 spiro atoms. The van der Waals surface area contributed by atoms with Crippen molar-refractivity contribution in [1.82, 2.24) is 30.1 Å². The molecule has 0 amide bonds. The van der Waals surface area contributed by atoms with Crippen LogP contribution in [-0.2, 0) is 0 Å². The van der Waals surface area contributed by atoms with Crippen molar-refractivity contribution < 1.29 is 9.15 Å². The van der Waals surface area contributed by atoms with Crippen LogP contribution in [0.2, 0.25) is 0 Å². The van der Waals surface area contributed by atoms with Gasteiger partial charge in [-0.2, -0.15) is 0 Å². The average molecular weight is 354 g/mol. The first-order chi connectivity index (χ1) is 12.8. The predicted octanol–water partition coefficient (Wildman–Crippen LogP) is 2.43. The summed E-state index contributed by atoms with van der Waals surface area (Å²) in [5.41, 5.74) is 0.945. The summed E-state index contributed by atoms with van der Waals surface area (Å²) < 4.78 is 13.1. The molecule has 1 aliphatic rings. The minimum atomic E-state index is 0.389. The SMILES string of the molecule is CC1CC(n2cnnn2)CCN1CCOc1ccc(-c2ncco2)cc1. The third-order valence-electron chi connectivity index (χ3n) is 4.91. The van der Waals surface area contributed by atoms with Crippen molar-refractivity contribution in [3.05, 3.63) is 43.1 Å². The van der Waals surface area contributed by atoms with Gasteiger partial charge in [-0.25, -0.2) is 9.67 Å². The van der Waals surface area contributed by atoms with Crippen molar-refractivity contribution in [3.8, 4) is 17.2 Å². The highest BCUT2D eigenvalue weighted by molar-refractivity contribution is 5.54. The Morgan fingerprint density at radius 3 is 2.85 bits per heavy atom. The van der Waals surface area contributed by atoms with E-state index in [1.807, 2.05) is 28.9 Å². The van der Waals surface area contributed by atoms with Gasteiger partial charge in [0.05, 0.1) is 12.2 Å². The summed E-state index contributed by atoms with van der Waals surface area (Å²) in [6.45, 7) is 4.85. The third kappa shape index (κ3) is 3.75. The minimum absolute atomic E-state index is 0.389. The summed E-state index contributed by atoms with van der Waals surface area (Å²) in [6, 6.07) is 8.69. The van der Waals surface area contributed by atoms with Gasteiger partial charge in [0, 0.05) is 24.7 Å². The lowest BCUT2D eigenvalue weighted by Gasteiger charge is -2.37. The number of oxazole rings is 1. The smallest absolute Gasteiger partial charge is 0.225 e. The molecular weight excluding hydrogens is 332 g/mol. The Hall–Kier alpha value is -2.74. The molecule has 0 bridgehead atoms. The lowest BCUT2D eigenvalue weighted by atomic mass is 9.98. The maximum atomic E-state index is 5.90. The van der Waals surface area contributed by atoms with Gasteiger partial charge in [-0.15, -0.1) is 5.10 Å². The quantitative estimate of drug-likeness (QED) is 0.672. The Kier molecular flexibility index (Phi) is 4.92. The zero-order chi connectivity index (χ0) is 17.8. The van der Waals surface area contributed by atoms with Crippen LogP contribution < -0.4 is 4.74 Å². The van der Waals surface area contributed by atoms with E-state index in [9.17, 15) is 0 Å². The van der Waals surface area contributed by atoms with Crippen molar-refractivity contribution >= 4 is 0 Å². The summed E-state index contributed by atoms with van der Waals surface area (Å²) in [4.78, 5) is 6.60. The number of ether oxygens (including phenoxy) is 1. The highest BCUT2D eigenvalue weighted by Gasteiger charge is 2.26. The Morgan fingerprint density at radius 1 is 1.27 bits per heavy atom. The first-order valence-electron chi connectivity index (χ1n) is 8.89. The number of likely N-dealkylation sites (tertiary alicyclic amines) is 1. The lowest BCUT2D eigenvalue weighted by Crippen LogP contribution is -2.43. The minimum Gasteiger partial charge on any atom is -0.492 e. The van der Waals surface area contributed by atoms with Crippen LogP contribution in [0, 0.1) is 0 Å². The Balaban J connectivity index is 1.25. The second-order valence-corrected chi connectivity index (χ2v) is 6.56. The molecule has 2 unspecified atom stereocenters. The van der Waals surface area contributed by atoms with Crippen LogP contribution in [0.5, 0.6) is 5.75 Å². The van der Waals surface area contributed by atoms with Crippen LogP contribution in [-0.4, -0.2) is 55.8 Å². The standard InChI is InChI=1S/C18H22N6O2/c1-14-12-16(24-13-20-21-22-24)6-8-23(14)9-11-25-17-4-2-15(3-5-17)18-19-7-10-26-18/h2-5,7,10,13-14,16H,6,8-9,11-12H2,1H3. The molecule has 1 aliphatic heterocycles. The van der Waals surface area contributed by atoms with Gasteiger partial charge in [-0.05, 0) is 54.5 Å². The second kappa shape index (κ2) is 7.65. The average Bonchev–Trinajstić information content (AvgIpc) is 3.38. The molecule has 0 radical (unpaired) electrons. The van der Waals surface area contributed by atoms with Crippen molar-refractivity contribution in [1.29, 1.82) is 0 Å². The van der Waals surface area contributed by atoms with Crippen molar-refractivity contribution in [3.63, 3.8) is 0 Å². The van der Waals surface area contributed by atoms with E-state index in [1.54, 1.807) is 18.8 Å². The van der Waals surface area contributed by atoms with Gasteiger partial charge in [-0.1, -0.05) is 0 Å². The molecule has 0 N–H and O–H groups in total. The molecule has 2 atom stereocenters. The summed E-state index contributed by atoms with van der Waals surface area (Å²) in [5.74, 6) is 1.48. The highest BCUT2D eigenvalue weighted by Crippen LogP contribution is 2.26. The number of aromatic nitrogens is 5. The van der Waals surface area contributed by atoms with E-state index < -0.39 is 0 Å². The van der Waals surface area contributed by atoms with Crippen LogP contribution in [0.1, 0.15) is 25.8 Å². The molecule has 1 aromatic carbocycles. The van der Waals surface area contributed by atoms with E-state index in [0.717, 1.165) is 37.2 Å². The fourth-order valence-electron chi connectivity index (χ4n) is 3.44. The maximum absolute atomic E-state index is 5.90. The van der Waals surface area contributed by atoms with Gasteiger partial charge in [0.1, 0.15) is 24.9 Å². The van der Waals surface area contributed by atoms with E-state index >= 15 is 0 Å². The molecular formula is C18H22N6O2. The summed E-state index contributed by atoms with van der Waals surface area (Å²) in [7, 11) is 0. The zero-order valence-electron chi connectivity index (χ0n) is 14.7. The topological polar surface area (TPSA) is 82.1 Å². The van der Waals surface area contributed by atoms with E-state index in [2.05, 4.69) is 32.3 Å². The second-order valence-electron chi connectivity index (χ2n) is 6.56. The van der Waals surface area contributed by atoms with E-state index in [-0.39, 0.29) is 0 Å². The fraction of sp³-hybridized carbons (Fsp3) is 0.444. The molecule has 3 heterocycles. The first kappa shape index (κ1) is 16.7. The predicted molar refractivity (Wildman–Crippen MR) is 94.6 cm³/mol. The van der Waals surface area contributed by atoms with Crippen LogP contribution in [0.15, 0.2) is 47.5 Å². The monoisotopic (exact) mass is 354 g/mol. The normalized spacial score (nSPS) is 21.0. The number of tetrazole rings is 1. The molecule has 26 heavy (non-hydrogen) atoms. The van der Waals surface area contributed by atoms with Gasteiger partial charge in [0.15, 0.2) is 0 Å². The lowest BCUT2D eigenvalue weighted by molar-refractivity contribution is 0.102. The molecule has 1 saturated heterocycles. The summed E-state index contributed by atoms with van der Waals surface area (Å²) >= 11 is 0. The largest absolute Gasteiger partial charge is 0.492 e. The highest BCUT2D eigenvalue weighted by atomic mass is 16.5. The number of hydrogen-bond acceptors (Lipinski definition) is 7. The third-order valence-corrected chi connectivity index (χ3v) is 4.91. The molecule has 8 heteroatoms. The number of hydrogen-bond donors (Lipinski definition) is 0. The molecule has 0 saturated carbocycles. The number of nitrogens with zero attached hydrogens (tertiary/aromatic N) is 6. The van der Waals surface area contributed by atoms with Gasteiger partial charge in [0.2, 0.25) is 5.89 Å². The Morgan fingerprint density at radius 2 is 2.15 bits per heavy atom. The van der Waals surface area contributed by atoms with Crippen molar-refractivity contribution in [2.75, 3.05) is 19.7 Å². The van der Waals surface area contributed by atoms with Crippen LogP contribution in [0.25, 0.3) is 11.5 Å². The number of rotatable bonds is 6. The zero-order valence-corrected chi connectivity index (χ0v) is 14.7. The molecule has 2 aromatic heterocycles. The molecule has 136 valence electrons. The number of piperidine rings is 1. The van der Waals surface area contributed by atoms with E-state index in [4.69, 9.17) is 9.15 Å². The van der Waals surface area contributed by atoms with Gasteiger partial charge in [0.25, 0.3) is 0 Å². The van der Waals surface area contributed by atoms with Crippen LogP contribution in [0.4, 0.5) is 0 Å². The van der Waals surface area contributed by atoms with E-state index in [0.29, 0.717) is 24.6 Å². The molecule has 1 fully saturated rings. The number of benzene rings is 1. The maximum Gasteiger partial charge on any atom is 0.225 e. The summed E-state index contributed by atoms with van der Waals surface area (Å²) in [6.07, 6.45) is 7.03. The Labute approximate surface area is 151 Å². The van der Waals surface area contributed by atoms with Crippen molar-refractivity contribution in [2.24, 2.45) is 0 Å². The van der Waals surface area contributed by atoms with Crippen LogP contribution >= 0.6 is 0 Å². The summed E-state index contributed by atoms with van der Waals surface area (Å²) in [5, 5.41) is 11.5. The van der Waals surface area contributed by atoms with Gasteiger partial charge in [-0.3, -0.25) is 4.90 Å². The van der Waals surface area contributed by atoms with Gasteiger partial charge < -0.3 is 9.15 Å². The molecule has 3 aromatic rings.